The van der Waals surface area contributed by atoms with Crippen LogP contribution in [0.4, 0.5) is 0 Å². The molecular formula is C11H20N4O2S. The fraction of sp³-hybridized carbons (Fsp3) is 0.727. The van der Waals surface area contributed by atoms with Gasteiger partial charge in [-0.05, 0) is 20.8 Å². The molecule has 1 N–H and O–H groups in total. The maximum absolute atomic E-state index is 12.7. The van der Waals surface area contributed by atoms with E-state index >= 15 is 0 Å². The number of aryl methyl sites for hydroxylation is 2. The van der Waals surface area contributed by atoms with E-state index in [1.54, 1.807) is 29.9 Å². The molecule has 1 aromatic heterocycles. The van der Waals surface area contributed by atoms with Crippen LogP contribution in [0.3, 0.4) is 0 Å². The predicted octanol–water partition coefficient (Wildman–Crippen LogP) is 0.0193. The van der Waals surface area contributed by atoms with Gasteiger partial charge in [-0.1, -0.05) is 0 Å². The third-order valence-electron chi connectivity index (χ3n) is 3.45. The Balaban J connectivity index is 2.47. The van der Waals surface area contributed by atoms with E-state index in [0.29, 0.717) is 35.9 Å². The van der Waals surface area contributed by atoms with Crippen LogP contribution in [0.15, 0.2) is 4.90 Å². The molecule has 1 fully saturated rings. The van der Waals surface area contributed by atoms with Crippen molar-refractivity contribution >= 4 is 10.0 Å². The Kier molecular flexibility index (Phi) is 3.48. The molecule has 18 heavy (non-hydrogen) atoms. The lowest BCUT2D eigenvalue weighted by Gasteiger charge is -2.32. The van der Waals surface area contributed by atoms with Gasteiger partial charge >= 0.3 is 0 Å². The van der Waals surface area contributed by atoms with Gasteiger partial charge in [0, 0.05) is 32.7 Å². The quantitative estimate of drug-likeness (QED) is 0.824. The summed E-state index contributed by atoms with van der Waals surface area (Å²) in [6.45, 7) is 7.36. The molecule has 0 amide bonds. The van der Waals surface area contributed by atoms with Crippen LogP contribution in [0.1, 0.15) is 18.3 Å². The number of nitrogens with one attached hydrogen (secondary N) is 1. The Morgan fingerprint density at radius 3 is 2.56 bits per heavy atom. The van der Waals surface area contributed by atoms with Crippen molar-refractivity contribution in [3.05, 3.63) is 11.4 Å². The molecular weight excluding hydrogens is 252 g/mol. The highest BCUT2D eigenvalue weighted by Gasteiger charge is 2.34. The SMILES string of the molecule is Cc1nn(C)c(C)c1S(=O)(=O)N1CCNC[C@H]1C. The van der Waals surface area contributed by atoms with Gasteiger partial charge in [-0.15, -0.1) is 0 Å². The fourth-order valence-corrected chi connectivity index (χ4v) is 4.46. The van der Waals surface area contributed by atoms with Crippen molar-refractivity contribution in [2.45, 2.75) is 31.7 Å². The second-order valence-corrected chi connectivity index (χ2v) is 6.62. The first kappa shape index (κ1) is 13.5. The van der Waals surface area contributed by atoms with Gasteiger partial charge in [0.25, 0.3) is 0 Å². The first-order chi connectivity index (χ1) is 8.35. The highest BCUT2D eigenvalue weighted by Crippen LogP contribution is 2.24. The van der Waals surface area contributed by atoms with Crippen LogP contribution < -0.4 is 5.32 Å². The van der Waals surface area contributed by atoms with Crippen molar-refractivity contribution in [1.82, 2.24) is 19.4 Å². The largest absolute Gasteiger partial charge is 0.314 e. The summed E-state index contributed by atoms with van der Waals surface area (Å²) >= 11 is 0. The lowest BCUT2D eigenvalue weighted by Crippen LogP contribution is -2.52. The number of rotatable bonds is 2. The molecule has 2 rings (SSSR count). The van der Waals surface area contributed by atoms with Crippen molar-refractivity contribution in [3.8, 4) is 0 Å². The zero-order chi connectivity index (χ0) is 13.5. The van der Waals surface area contributed by atoms with Gasteiger partial charge < -0.3 is 5.32 Å². The minimum Gasteiger partial charge on any atom is -0.314 e. The van der Waals surface area contributed by atoms with E-state index in [0.717, 1.165) is 0 Å². The first-order valence-corrected chi connectivity index (χ1v) is 7.52. The van der Waals surface area contributed by atoms with Crippen molar-refractivity contribution in [1.29, 1.82) is 0 Å². The Morgan fingerprint density at radius 2 is 2.06 bits per heavy atom. The first-order valence-electron chi connectivity index (χ1n) is 6.08. The maximum atomic E-state index is 12.7. The number of hydrogen-bond acceptors (Lipinski definition) is 4. The van der Waals surface area contributed by atoms with Crippen LogP contribution in [-0.2, 0) is 17.1 Å². The van der Waals surface area contributed by atoms with Gasteiger partial charge in [0.15, 0.2) is 0 Å². The number of nitrogens with zero attached hydrogens (tertiary/aromatic N) is 3. The van der Waals surface area contributed by atoms with Gasteiger partial charge in [0.2, 0.25) is 10.0 Å². The monoisotopic (exact) mass is 272 g/mol. The Bertz CT molecular complexity index is 550. The average molecular weight is 272 g/mol. The molecule has 102 valence electrons. The van der Waals surface area contributed by atoms with E-state index in [1.807, 2.05) is 6.92 Å². The summed E-state index contributed by atoms with van der Waals surface area (Å²) in [6.07, 6.45) is 0. The third-order valence-corrected chi connectivity index (χ3v) is 5.72. The molecule has 0 aliphatic carbocycles. The fourth-order valence-electron chi connectivity index (χ4n) is 2.42. The molecule has 0 radical (unpaired) electrons. The Morgan fingerprint density at radius 1 is 1.39 bits per heavy atom. The van der Waals surface area contributed by atoms with E-state index in [9.17, 15) is 8.42 Å². The maximum Gasteiger partial charge on any atom is 0.247 e. The summed E-state index contributed by atoms with van der Waals surface area (Å²) in [5.41, 5.74) is 1.26. The van der Waals surface area contributed by atoms with Crippen molar-refractivity contribution in [3.63, 3.8) is 0 Å². The van der Waals surface area contributed by atoms with Gasteiger partial charge in [-0.2, -0.15) is 9.40 Å². The van der Waals surface area contributed by atoms with E-state index in [-0.39, 0.29) is 6.04 Å². The minimum absolute atomic E-state index is 0.0252. The topological polar surface area (TPSA) is 67.2 Å². The van der Waals surface area contributed by atoms with Crippen LogP contribution in [0.5, 0.6) is 0 Å². The molecule has 1 aliphatic heterocycles. The molecule has 0 aromatic carbocycles. The van der Waals surface area contributed by atoms with Crippen LogP contribution in [0.2, 0.25) is 0 Å². The second kappa shape index (κ2) is 4.64. The normalized spacial score (nSPS) is 22.3. The van der Waals surface area contributed by atoms with Gasteiger partial charge in [-0.3, -0.25) is 4.68 Å². The van der Waals surface area contributed by atoms with Gasteiger partial charge in [-0.25, -0.2) is 8.42 Å². The van der Waals surface area contributed by atoms with E-state index < -0.39 is 10.0 Å². The molecule has 1 aromatic rings. The van der Waals surface area contributed by atoms with Crippen LogP contribution in [0.25, 0.3) is 0 Å². The minimum atomic E-state index is -3.44. The molecule has 2 heterocycles. The van der Waals surface area contributed by atoms with Gasteiger partial charge in [0.05, 0.1) is 11.4 Å². The molecule has 0 bridgehead atoms. The molecule has 0 spiro atoms. The summed E-state index contributed by atoms with van der Waals surface area (Å²) in [5.74, 6) is 0. The number of sulfonamides is 1. The number of aromatic nitrogens is 2. The van der Waals surface area contributed by atoms with Crippen molar-refractivity contribution in [2.24, 2.45) is 7.05 Å². The number of hydrogen-bond donors (Lipinski definition) is 1. The second-order valence-electron chi connectivity index (χ2n) is 4.79. The highest BCUT2D eigenvalue weighted by molar-refractivity contribution is 7.89. The predicted molar refractivity (Wildman–Crippen MR) is 68.9 cm³/mol. The van der Waals surface area contributed by atoms with Gasteiger partial charge in [0.1, 0.15) is 4.90 Å². The molecule has 0 saturated carbocycles. The lowest BCUT2D eigenvalue weighted by atomic mass is 10.3. The Labute approximate surface area is 108 Å². The molecule has 1 aliphatic rings. The van der Waals surface area contributed by atoms with E-state index in [2.05, 4.69) is 10.4 Å². The third kappa shape index (κ3) is 2.06. The summed E-state index contributed by atoms with van der Waals surface area (Å²) in [6, 6.07) is -0.0252. The average Bonchev–Trinajstić information content (AvgIpc) is 2.53. The number of piperazine rings is 1. The molecule has 1 atom stereocenters. The summed E-state index contributed by atoms with van der Waals surface area (Å²) in [5, 5.41) is 7.39. The van der Waals surface area contributed by atoms with Crippen LogP contribution >= 0.6 is 0 Å². The summed E-state index contributed by atoms with van der Waals surface area (Å²) < 4.78 is 28.6. The Hall–Kier alpha value is -0.920. The standard InChI is InChI=1S/C11H20N4O2S/c1-8-7-12-5-6-15(8)18(16,17)11-9(2)13-14(4)10(11)3/h8,12H,5-7H2,1-4H3/t8-/m1/s1. The van der Waals surface area contributed by atoms with E-state index in [1.165, 1.54) is 0 Å². The van der Waals surface area contributed by atoms with Crippen LogP contribution in [-0.4, -0.2) is 48.2 Å². The zero-order valence-electron chi connectivity index (χ0n) is 11.3. The lowest BCUT2D eigenvalue weighted by molar-refractivity contribution is 0.283. The summed E-state index contributed by atoms with van der Waals surface area (Å²) in [4.78, 5) is 0.360. The van der Waals surface area contributed by atoms with Crippen molar-refractivity contribution in [2.75, 3.05) is 19.6 Å². The van der Waals surface area contributed by atoms with Crippen molar-refractivity contribution < 1.29 is 8.42 Å². The molecule has 6 nitrogen and oxygen atoms in total. The zero-order valence-corrected chi connectivity index (χ0v) is 12.1. The highest BCUT2D eigenvalue weighted by atomic mass is 32.2. The summed E-state index contributed by atoms with van der Waals surface area (Å²) in [7, 11) is -1.68. The molecule has 1 saturated heterocycles. The molecule has 0 unspecified atom stereocenters. The van der Waals surface area contributed by atoms with Crippen LogP contribution in [0, 0.1) is 13.8 Å². The molecule has 7 heteroatoms. The van der Waals surface area contributed by atoms with E-state index in [4.69, 9.17) is 0 Å². The smallest absolute Gasteiger partial charge is 0.247 e.